The fraction of sp³-hybridized carbons (Fsp3) is 0.0833. The summed E-state index contributed by atoms with van der Waals surface area (Å²) in [4.78, 5) is 13.6. The van der Waals surface area contributed by atoms with Crippen LogP contribution >= 0.6 is 0 Å². The highest BCUT2D eigenvalue weighted by atomic mass is 16.1. The Hall–Kier alpha value is -3.66. The fourth-order valence-electron chi connectivity index (χ4n) is 4.41. The van der Waals surface area contributed by atoms with E-state index in [0.717, 1.165) is 46.3 Å². The first-order valence-corrected chi connectivity index (χ1v) is 9.51. The van der Waals surface area contributed by atoms with Crippen molar-refractivity contribution in [3.8, 4) is 16.9 Å². The first-order chi connectivity index (χ1) is 13.8. The van der Waals surface area contributed by atoms with E-state index in [1.165, 1.54) is 5.56 Å². The molecule has 3 aromatic carbocycles. The van der Waals surface area contributed by atoms with Crippen molar-refractivity contribution in [2.75, 3.05) is 0 Å². The van der Waals surface area contributed by atoms with Crippen LogP contribution < -0.4 is 5.56 Å². The van der Waals surface area contributed by atoms with Crippen LogP contribution in [-0.2, 0) is 13.0 Å². The van der Waals surface area contributed by atoms with Crippen LogP contribution in [0.15, 0.2) is 83.7 Å². The van der Waals surface area contributed by atoms with Crippen molar-refractivity contribution in [2.45, 2.75) is 13.0 Å². The summed E-state index contributed by atoms with van der Waals surface area (Å²) in [5.74, 6) is 0. The van der Waals surface area contributed by atoms with Gasteiger partial charge in [0.05, 0.1) is 22.1 Å². The SMILES string of the molecule is O=c1c2c(-c3ccccc3)nn(-c3ccccc3)c2c2cccc3c2n1CC3. The van der Waals surface area contributed by atoms with Crippen LogP contribution in [0.3, 0.4) is 0 Å². The third-order valence-electron chi connectivity index (χ3n) is 5.64. The lowest BCUT2D eigenvalue weighted by Gasteiger charge is -2.09. The molecule has 0 amide bonds. The first-order valence-electron chi connectivity index (χ1n) is 9.51. The van der Waals surface area contributed by atoms with Crippen LogP contribution in [0, 0.1) is 0 Å². The predicted molar refractivity (Wildman–Crippen MR) is 112 cm³/mol. The van der Waals surface area contributed by atoms with Gasteiger partial charge in [-0.2, -0.15) is 5.10 Å². The van der Waals surface area contributed by atoms with Crippen molar-refractivity contribution in [1.82, 2.24) is 14.3 Å². The average Bonchev–Trinajstić information content (AvgIpc) is 3.37. The number of pyridine rings is 1. The largest absolute Gasteiger partial charge is 0.307 e. The van der Waals surface area contributed by atoms with Crippen molar-refractivity contribution < 1.29 is 0 Å². The summed E-state index contributed by atoms with van der Waals surface area (Å²) in [7, 11) is 0. The molecule has 2 aromatic heterocycles. The van der Waals surface area contributed by atoms with E-state index >= 15 is 0 Å². The number of aryl methyl sites for hydroxylation is 2. The second-order valence-electron chi connectivity index (χ2n) is 7.21. The third kappa shape index (κ3) is 2.00. The van der Waals surface area contributed by atoms with Crippen LogP contribution in [0.4, 0.5) is 0 Å². The molecule has 134 valence electrons. The van der Waals surface area contributed by atoms with Gasteiger partial charge in [0, 0.05) is 17.5 Å². The molecule has 0 N–H and O–H groups in total. The molecule has 4 nitrogen and oxygen atoms in total. The standard InChI is InChI=1S/C24H17N3O/c28-24-20-21(16-8-3-1-4-9-16)25-27(18-11-5-2-6-12-18)23(20)19-13-7-10-17-14-15-26(24)22(17)19/h1-13H,14-15H2. The number of para-hydroxylation sites is 2. The minimum Gasteiger partial charge on any atom is -0.307 e. The van der Waals surface area contributed by atoms with Crippen LogP contribution in [0.2, 0.25) is 0 Å². The van der Waals surface area contributed by atoms with E-state index in [2.05, 4.69) is 18.2 Å². The molecule has 0 saturated carbocycles. The summed E-state index contributed by atoms with van der Waals surface area (Å²) in [6.07, 6.45) is 0.901. The number of rotatable bonds is 2. The Bertz CT molecular complexity index is 1410. The summed E-state index contributed by atoms with van der Waals surface area (Å²) >= 11 is 0. The highest BCUT2D eigenvalue weighted by molar-refractivity contribution is 6.10. The molecule has 0 saturated heterocycles. The van der Waals surface area contributed by atoms with Gasteiger partial charge in [-0.1, -0.05) is 66.7 Å². The van der Waals surface area contributed by atoms with E-state index in [1.807, 2.05) is 69.9 Å². The quantitative estimate of drug-likeness (QED) is 0.461. The van der Waals surface area contributed by atoms with Gasteiger partial charge < -0.3 is 4.57 Å². The van der Waals surface area contributed by atoms with E-state index in [-0.39, 0.29) is 5.56 Å². The van der Waals surface area contributed by atoms with Crippen molar-refractivity contribution in [3.05, 3.63) is 94.8 Å². The number of benzene rings is 3. The Labute approximate surface area is 161 Å². The summed E-state index contributed by atoms with van der Waals surface area (Å²) in [5, 5.41) is 6.72. The Kier molecular flexibility index (Phi) is 3.12. The van der Waals surface area contributed by atoms with Crippen LogP contribution in [-0.4, -0.2) is 14.3 Å². The zero-order valence-corrected chi connectivity index (χ0v) is 15.2. The molecule has 4 heteroatoms. The second kappa shape index (κ2) is 5.67. The van der Waals surface area contributed by atoms with Crippen molar-refractivity contribution in [2.24, 2.45) is 0 Å². The van der Waals surface area contributed by atoms with Gasteiger partial charge in [0.1, 0.15) is 5.69 Å². The van der Waals surface area contributed by atoms with Gasteiger partial charge in [0.2, 0.25) is 0 Å². The van der Waals surface area contributed by atoms with Gasteiger partial charge in [0.25, 0.3) is 5.56 Å². The first kappa shape index (κ1) is 15.4. The molecular formula is C24H17N3O. The minimum atomic E-state index is 0.0495. The summed E-state index contributed by atoms with van der Waals surface area (Å²) in [6.45, 7) is 0.732. The van der Waals surface area contributed by atoms with Crippen LogP contribution in [0.1, 0.15) is 5.56 Å². The minimum absolute atomic E-state index is 0.0495. The van der Waals surface area contributed by atoms with Gasteiger partial charge in [0.15, 0.2) is 0 Å². The lowest BCUT2D eigenvalue weighted by molar-refractivity contribution is 0.747. The monoisotopic (exact) mass is 363 g/mol. The molecule has 0 spiro atoms. The van der Waals surface area contributed by atoms with E-state index in [1.54, 1.807) is 0 Å². The molecule has 0 unspecified atom stereocenters. The van der Waals surface area contributed by atoms with E-state index in [4.69, 9.17) is 5.10 Å². The molecule has 5 aromatic rings. The van der Waals surface area contributed by atoms with Crippen molar-refractivity contribution in [3.63, 3.8) is 0 Å². The molecule has 0 fully saturated rings. The van der Waals surface area contributed by atoms with Gasteiger partial charge in [-0.25, -0.2) is 4.68 Å². The Morgan fingerprint density at radius 2 is 1.54 bits per heavy atom. The summed E-state index contributed by atoms with van der Waals surface area (Å²) in [5.41, 5.74) is 5.89. The molecule has 0 atom stereocenters. The van der Waals surface area contributed by atoms with E-state index in [0.29, 0.717) is 5.39 Å². The number of nitrogens with zero attached hydrogens (tertiary/aromatic N) is 3. The molecule has 28 heavy (non-hydrogen) atoms. The molecule has 6 rings (SSSR count). The molecule has 0 aliphatic carbocycles. The molecule has 0 bridgehead atoms. The number of aromatic nitrogens is 3. The number of hydrogen-bond donors (Lipinski definition) is 0. The second-order valence-corrected chi connectivity index (χ2v) is 7.21. The summed E-state index contributed by atoms with van der Waals surface area (Å²) in [6, 6.07) is 26.3. The van der Waals surface area contributed by atoms with E-state index in [9.17, 15) is 4.79 Å². The van der Waals surface area contributed by atoms with Gasteiger partial charge >= 0.3 is 0 Å². The van der Waals surface area contributed by atoms with Crippen LogP contribution in [0.5, 0.6) is 0 Å². The third-order valence-corrected chi connectivity index (χ3v) is 5.64. The molecule has 0 radical (unpaired) electrons. The van der Waals surface area contributed by atoms with E-state index < -0.39 is 0 Å². The molecular weight excluding hydrogens is 346 g/mol. The highest BCUT2D eigenvalue weighted by Gasteiger charge is 2.25. The number of fused-ring (bicyclic) bond motifs is 2. The Morgan fingerprint density at radius 3 is 2.32 bits per heavy atom. The normalized spacial score (nSPS) is 12.9. The predicted octanol–water partition coefficient (Wildman–Crippen LogP) is 4.56. The van der Waals surface area contributed by atoms with Gasteiger partial charge in [-0.3, -0.25) is 4.79 Å². The number of hydrogen-bond acceptors (Lipinski definition) is 2. The summed E-state index contributed by atoms with van der Waals surface area (Å²) < 4.78 is 3.86. The highest BCUT2D eigenvalue weighted by Crippen LogP contribution is 2.35. The zero-order chi connectivity index (χ0) is 18.7. The van der Waals surface area contributed by atoms with Crippen LogP contribution in [0.25, 0.3) is 38.8 Å². The lowest BCUT2D eigenvalue weighted by Crippen LogP contribution is -2.18. The molecule has 3 heterocycles. The Morgan fingerprint density at radius 1 is 0.786 bits per heavy atom. The lowest BCUT2D eigenvalue weighted by atomic mass is 10.0. The Balaban J connectivity index is 1.86. The average molecular weight is 363 g/mol. The van der Waals surface area contributed by atoms with Crippen molar-refractivity contribution >= 4 is 21.8 Å². The van der Waals surface area contributed by atoms with Gasteiger partial charge in [-0.15, -0.1) is 0 Å². The topological polar surface area (TPSA) is 39.8 Å². The smallest absolute Gasteiger partial charge is 0.262 e. The van der Waals surface area contributed by atoms with Crippen molar-refractivity contribution in [1.29, 1.82) is 0 Å². The molecule has 1 aliphatic rings. The molecule has 1 aliphatic heterocycles. The zero-order valence-electron chi connectivity index (χ0n) is 15.2. The fourth-order valence-corrected chi connectivity index (χ4v) is 4.41. The maximum atomic E-state index is 13.6. The van der Waals surface area contributed by atoms with Gasteiger partial charge in [-0.05, 0) is 24.1 Å². The maximum absolute atomic E-state index is 13.6. The maximum Gasteiger partial charge on any atom is 0.262 e.